The number of hydrogen-bond acceptors (Lipinski definition) is 7. The van der Waals surface area contributed by atoms with Crippen LogP contribution >= 0.6 is 12.6 Å². The van der Waals surface area contributed by atoms with Gasteiger partial charge < -0.3 is 16.0 Å². The van der Waals surface area contributed by atoms with Crippen LogP contribution in [0.3, 0.4) is 0 Å². The zero-order valence-corrected chi connectivity index (χ0v) is 25.6. The third kappa shape index (κ3) is 8.53. The van der Waals surface area contributed by atoms with Gasteiger partial charge in [-0.25, -0.2) is 0 Å². The Balaban J connectivity index is 1.37. The molecule has 10 nitrogen and oxygen atoms in total. The highest BCUT2D eigenvalue weighted by molar-refractivity contribution is 7.81. The van der Waals surface area contributed by atoms with E-state index in [2.05, 4.69) is 33.6 Å². The van der Waals surface area contributed by atoms with Crippen molar-refractivity contribution < 1.29 is 24.0 Å². The lowest BCUT2D eigenvalue weighted by Crippen LogP contribution is -2.54. The van der Waals surface area contributed by atoms with Crippen molar-refractivity contribution in [2.75, 3.05) is 11.9 Å². The number of rotatable bonds is 14. The van der Waals surface area contributed by atoms with Crippen molar-refractivity contribution in [3.63, 3.8) is 0 Å². The molecule has 11 heteroatoms. The Labute approximate surface area is 262 Å². The van der Waals surface area contributed by atoms with Crippen molar-refractivity contribution in [1.29, 1.82) is 0 Å². The molecule has 1 aliphatic heterocycles. The second kappa shape index (κ2) is 15.3. The summed E-state index contributed by atoms with van der Waals surface area (Å²) < 4.78 is 0. The minimum absolute atomic E-state index is 0.0648. The first-order valence-electron chi connectivity index (χ1n) is 14.6. The standard InChI is InChI=1S/C33H37N5O5S/c1-21(2)18-26(37-31(41)28(44)15-9-17-38-32(42)24-13-6-7-14-25(24)33(38)43)30(40)36-27(19-22-10-4-3-5-11-22)29(39)35-23-12-8-16-34-20-23/h3-8,10-14,16,20-21,26-28,44H,9,15,17-19H2,1-2H3,(H,35,39)(H,36,40)(H,37,41)/t26?,27?,28-/m0/s1. The molecule has 3 N–H and O–H groups in total. The second-order valence-corrected chi connectivity index (χ2v) is 11.8. The van der Waals surface area contributed by atoms with Gasteiger partial charge in [0.25, 0.3) is 11.8 Å². The molecular weight excluding hydrogens is 578 g/mol. The van der Waals surface area contributed by atoms with Crippen LogP contribution in [0.25, 0.3) is 0 Å². The normalized spacial score (nSPS) is 14.5. The largest absolute Gasteiger partial charge is 0.343 e. The van der Waals surface area contributed by atoms with Crippen LogP contribution in [0.4, 0.5) is 5.69 Å². The quantitative estimate of drug-likeness (QED) is 0.161. The minimum Gasteiger partial charge on any atom is -0.343 e. The van der Waals surface area contributed by atoms with Crippen LogP contribution in [0.1, 0.15) is 59.4 Å². The number of benzene rings is 2. The van der Waals surface area contributed by atoms with Crippen molar-refractivity contribution in [2.45, 2.75) is 56.9 Å². The van der Waals surface area contributed by atoms with E-state index in [1.54, 1.807) is 42.6 Å². The van der Waals surface area contributed by atoms with Crippen molar-refractivity contribution in [1.82, 2.24) is 20.5 Å². The maximum Gasteiger partial charge on any atom is 0.261 e. The number of anilines is 1. The van der Waals surface area contributed by atoms with E-state index in [0.717, 1.165) is 5.56 Å². The monoisotopic (exact) mass is 615 g/mol. The molecule has 230 valence electrons. The number of nitrogens with one attached hydrogen (secondary N) is 3. The van der Waals surface area contributed by atoms with Crippen LogP contribution in [0.15, 0.2) is 79.1 Å². The van der Waals surface area contributed by atoms with E-state index in [1.807, 2.05) is 44.2 Å². The van der Waals surface area contributed by atoms with Crippen LogP contribution in [0.2, 0.25) is 0 Å². The summed E-state index contributed by atoms with van der Waals surface area (Å²) in [6.45, 7) is 4.02. The third-order valence-electron chi connectivity index (χ3n) is 7.22. The Morgan fingerprint density at radius 2 is 1.45 bits per heavy atom. The molecule has 2 unspecified atom stereocenters. The van der Waals surface area contributed by atoms with Crippen molar-refractivity contribution in [3.8, 4) is 0 Å². The highest BCUT2D eigenvalue weighted by Gasteiger charge is 2.35. The van der Waals surface area contributed by atoms with E-state index in [-0.39, 0.29) is 37.1 Å². The molecule has 3 aromatic rings. The summed E-state index contributed by atoms with van der Waals surface area (Å²) in [4.78, 5) is 70.4. The third-order valence-corrected chi connectivity index (χ3v) is 7.72. The molecule has 0 saturated heterocycles. The summed E-state index contributed by atoms with van der Waals surface area (Å²) in [5.41, 5.74) is 2.10. The topological polar surface area (TPSA) is 138 Å². The van der Waals surface area contributed by atoms with Crippen LogP contribution in [-0.4, -0.2) is 63.3 Å². The van der Waals surface area contributed by atoms with Gasteiger partial charge in [0, 0.05) is 19.2 Å². The molecule has 0 bridgehead atoms. The number of carbonyl (C=O) groups excluding carboxylic acids is 5. The maximum atomic E-state index is 13.5. The number of aromatic nitrogens is 1. The molecule has 2 heterocycles. The van der Waals surface area contributed by atoms with Gasteiger partial charge in [-0.1, -0.05) is 56.3 Å². The first-order valence-corrected chi connectivity index (χ1v) is 15.1. The van der Waals surface area contributed by atoms with E-state index < -0.39 is 35.1 Å². The lowest BCUT2D eigenvalue weighted by Gasteiger charge is -2.25. The number of carbonyl (C=O) groups is 5. The molecule has 1 aromatic heterocycles. The van der Waals surface area contributed by atoms with Gasteiger partial charge in [0.05, 0.1) is 28.3 Å². The number of amides is 5. The lowest BCUT2D eigenvalue weighted by molar-refractivity contribution is -0.131. The Morgan fingerprint density at radius 1 is 0.818 bits per heavy atom. The summed E-state index contributed by atoms with van der Waals surface area (Å²) in [6, 6.07) is 17.6. The summed E-state index contributed by atoms with van der Waals surface area (Å²) in [7, 11) is 0. The smallest absolute Gasteiger partial charge is 0.261 e. The molecule has 1 aliphatic rings. The number of imide groups is 1. The molecule has 3 atom stereocenters. The summed E-state index contributed by atoms with van der Waals surface area (Å²) in [5, 5.41) is 7.66. The van der Waals surface area contributed by atoms with Gasteiger partial charge in [-0.3, -0.25) is 33.9 Å². The number of pyridine rings is 1. The van der Waals surface area contributed by atoms with Gasteiger partial charge >= 0.3 is 0 Å². The van der Waals surface area contributed by atoms with Crippen LogP contribution in [-0.2, 0) is 20.8 Å². The molecule has 0 saturated carbocycles. The average Bonchev–Trinajstić information content (AvgIpc) is 3.26. The van der Waals surface area contributed by atoms with Gasteiger partial charge in [-0.05, 0) is 55.0 Å². The SMILES string of the molecule is CC(C)CC(NC(=O)[C@@H](S)CCCN1C(=O)c2ccccc2C1=O)C(=O)NC(Cc1ccccc1)C(=O)Nc1cccnc1. The highest BCUT2D eigenvalue weighted by Crippen LogP contribution is 2.23. The van der Waals surface area contributed by atoms with Crippen molar-refractivity contribution in [3.05, 3.63) is 95.8 Å². The van der Waals surface area contributed by atoms with Crippen LogP contribution in [0.5, 0.6) is 0 Å². The van der Waals surface area contributed by atoms with E-state index in [0.29, 0.717) is 29.7 Å². The zero-order valence-electron chi connectivity index (χ0n) is 24.7. The molecular formula is C33H37N5O5S. The Hall–Kier alpha value is -4.51. The number of nitrogens with zero attached hydrogens (tertiary/aromatic N) is 2. The van der Waals surface area contributed by atoms with Gasteiger partial charge in [-0.2, -0.15) is 12.6 Å². The first kappa shape index (κ1) is 32.4. The average molecular weight is 616 g/mol. The molecule has 0 radical (unpaired) electrons. The van der Waals surface area contributed by atoms with Crippen LogP contribution < -0.4 is 16.0 Å². The highest BCUT2D eigenvalue weighted by atomic mass is 32.1. The number of hydrogen-bond donors (Lipinski definition) is 4. The molecule has 0 fully saturated rings. The number of thiol groups is 1. The summed E-state index contributed by atoms with van der Waals surface area (Å²) in [5.74, 6) is -1.98. The van der Waals surface area contributed by atoms with Gasteiger partial charge in [0.2, 0.25) is 17.7 Å². The predicted molar refractivity (Wildman–Crippen MR) is 170 cm³/mol. The molecule has 44 heavy (non-hydrogen) atoms. The second-order valence-electron chi connectivity index (χ2n) is 11.1. The summed E-state index contributed by atoms with van der Waals surface area (Å²) in [6.07, 6.45) is 4.34. The molecule has 0 aliphatic carbocycles. The Bertz CT molecular complexity index is 1450. The molecule has 0 spiro atoms. The van der Waals surface area contributed by atoms with E-state index in [9.17, 15) is 24.0 Å². The first-order chi connectivity index (χ1) is 21.1. The Morgan fingerprint density at radius 3 is 2.07 bits per heavy atom. The fraction of sp³-hybridized carbons (Fsp3) is 0.333. The van der Waals surface area contributed by atoms with Gasteiger partial charge in [-0.15, -0.1) is 0 Å². The summed E-state index contributed by atoms with van der Waals surface area (Å²) >= 11 is 4.45. The van der Waals surface area contributed by atoms with Crippen molar-refractivity contribution in [2.24, 2.45) is 5.92 Å². The number of fused-ring (bicyclic) bond motifs is 1. The van der Waals surface area contributed by atoms with Crippen LogP contribution in [0, 0.1) is 5.92 Å². The van der Waals surface area contributed by atoms with Crippen molar-refractivity contribution >= 4 is 47.9 Å². The fourth-order valence-electron chi connectivity index (χ4n) is 4.98. The Kier molecular flexibility index (Phi) is 11.3. The lowest BCUT2D eigenvalue weighted by atomic mass is 10.0. The van der Waals surface area contributed by atoms with E-state index >= 15 is 0 Å². The van der Waals surface area contributed by atoms with Gasteiger partial charge in [0.15, 0.2) is 0 Å². The molecule has 2 aromatic carbocycles. The van der Waals surface area contributed by atoms with Gasteiger partial charge in [0.1, 0.15) is 12.1 Å². The predicted octanol–water partition coefficient (Wildman–Crippen LogP) is 3.65. The molecule has 5 amide bonds. The maximum absolute atomic E-state index is 13.5. The molecule has 4 rings (SSSR count). The fourth-order valence-corrected chi connectivity index (χ4v) is 5.24. The minimum atomic E-state index is -0.914. The zero-order chi connectivity index (χ0) is 31.6. The van der Waals surface area contributed by atoms with E-state index in [1.165, 1.54) is 11.1 Å². The van der Waals surface area contributed by atoms with E-state index in [4.69, 9.17) is 0 Å².